The molecular formula is C23H27N3O5S. The fraction of sp³-hybridized carbons (Fsp3) is 0.348. The maximum atomic E-state index is 12.8. The topological polar surface area (TPSA) is 121 Å². The Morgan fingerprint density at radius 2 is 1.78 bits per heavy atom. The smallest absolute Gasteiger partial charge is 0.255 e. The van der Waals surface area contributed by atoms with E-state index in [0.29, 0.717) is 29.7 Å². The number of piperidine rings is 1. The third kappa shape index (κ3) is 4.31. The molecule has 1 unspecified atom stereocenters. The average Bonchev–Trinajstić information content (AvgIpc) is 2.76. The fourth-order valence-electron chi connectivity index (χ4n) is 3.99. The number of imide groups is 1. The zero-order valence-corrected chi connectivity index (χ0v) is 19.4. The van der Waals surface area contributed by atoms with Gasteiger partial charge in [0.25, 0.3) is 5.91 Å². The Morgan fingerprint density at radius 3 is 2.34 bits per heavy atom. The number of amides is 3. The van der Waals surface area contributed by atoms with Gasteiger partial charge in [-0.25, -0.2) is 13.1 Å². The maximum absolute atomic E-state index is 12.8. The van der Waals surface area contributed by atoms with E-state index in [2.05, 4.69) is 15.4 Å². The second kappa shape index (κ2) is 8.84. The molecule has 0 aliphatic carbocycles. The van der Waals surface area contributed by atoms with Crippen molar-refractivity contribution in [3.63, 3.8) is 0 Å². The van der Waals surface area contributed by atoms with Crippen LogP contribution < -0.4 is 15.4 Å². The van der Waals surface area contributed by atoms with Crippen molar-refractivity contribution in [2.24, 2.45) is 0 Å². The number of sulfonamides is 1. The lowest BCUT2D eigenvalue weighted by molar-refractivity contribution is -0.138. The minimum Gasteiger partial charge on any atom is -0.322 e. The van der Waals surface area contributed by atoms with Gasteiger partial charge >= 0.3 is 0 Å². The fourth-order valence-corrected chi connectivity index (χ4v) is 5.06. The van der Waals surface area contributed by atoms with Crippen molar-refractivity contribution in [3.8, 4) is 0 Å². The molecule has 0 aromatic heterocycles. The molecule has 1 aliphatic heterocycles. The molecule has 0 radical (unpaired) electrons. The van der Waals surface area contributed by atoms with Crippen molar-refractivity contribution in [2.75, 3.05) is 12.4 Å². The van der Waals surface area contributed by atoms with Crippen molar-refractivity contribution in [2.45, 2.75) is 50.3 Å². The van der Waals surface area contributed by atoms with Crippen LogP contribution in [0.1, 0.15) is 53.2 Å². The number of hydrogen-bond acceptors (Lipinski definition) is 5. The van der Waals surface area contributed by atoms with E-state index in [1.165, 1.54) is 13.1 Å². The summed E-state index contributed by atoms with van der Waals surface area (Å²) in [6.45, 7) is 5.35. The van der Waals surface area contributed by atoms with Gasteiger partial charge in [0.05, 0.1) is 10.3 Å². The van der Waals surface area contributed by atoms with Gasteiger partial charge in [-0.2, -0.15) is 0 Å². The summed E-state index contributed by atoms with van der Waals surface area (Å²) >= 11 is 0. The Kier molecular flexibility index (Phi) is 6.52. The highest BCUT2D eigenvalue weighted by Gasteiger charge is 2.42. The molecule has 3 rings (SSSR count). The van der Waals surface area contributed by atoms with E-state index >= 15 is 0 Å². The Bertz CT molecular complexity index is 1190. The SMILES string of the molecule is CCC1(c2ccc(NC(=O)c3cc(C)c(C)c(S(=O)(=O)NC)c3)cc2)CCC(=O)NC1=O. The van der Waals surface area contributed by atoms with Crippen molar-refractivity contribution >= 4 is 33.4 Å². The van der Waals surface area contributed by atoms with Crippen LogP contribution in [0.3, 0.4) is 0 Å². The quantitative estimate of drug-likeness (QED) is 0.576. The Balaban J connectivity index is 1.86. The first-order valence-electron chi connectivity index (χ1n) is 10.3. The highest BCUT2D eigenvalue weighted by Crippen LogP contribution is 2.36. The molecule has 0 bridgehead atoms. The molecule has 2 aromatic carbocycles. The largest absolute Gasteiger partial charge is 0.322 e. The van der Waals surface area contributed by atoms with Crippen LogP contribution in [0.25, 0.3) is 0 Å². The number of nitrogens with one attached hydrogen (secondary N) is 3. The minimum absolute atomic E-state index is 0.0586. The first-order chi connectivity index (χ1) is 15.0. The Labute approximate surface area is 187 Å². The molecular weight excluding hydrogens is 430 g/mol. The molecule has 3 N–H and O–H groups in total. The third-order valence-corrected chi connectivity index (χ3v) is 7.75. The summed E-state index contributed by atoms with van der Waals surface area (Å²) in [6.07, 6.45) is 1.26. The summed E-state index contributed by atoms with van der Waals surface area (Å²) < 4.78 is 26.9. The van der Waals surface area contributed by atoms with Gasteiger partial charge in [-0.1, -0.05) is 19.1 Å². The third-order valence-electron chi connectivity index (χ3n) is 6.21. The molecule has 32 heavy (non-hydrogen) atoms. The monoisotopic (exact) mass is 457 g/mol. The van der Waals surface area contributed by atoms with Crippen molar-refractivity contribution in [1.82, 2.24) is 10.0 Å². The van der Waals surface area contributed by atoms with Gasteiger partial charge in [-0.15, -0.1) is 0 Å². The van der Waals surface area contributed by atoms with Gasteiger partial charge in [0.1, 0.15) is 0 Å². The van der Waals surface area contributed by atoms with Gasteiger partial charge in [0.2, 0.25) is 21.8 Å². The normalized spacial score (nSPS) is 18.9. The first kappa shape index (κ1) is 23.6. The van der Waals surface area contributed by atoms with E-state index in [9.17, 15) is 22.8 Å². The Hall–Kier alpha value is -3.04. The second-order valence-corrected chi connectivity index (χ2v) is 9.82. The predicted octanol–water partition coefficient (Wildman–Crippen LogP) is 2.55. The summed E-state index contributed by atoms with van der Waals surface area (Å²) in [6, 6.07) is 9.93. The van der Waals surface area contributed by atoms with Crippen LogP contribution in [0.5, 0.6) is 0 Å². The lowest BCUT2D eigenvalue weighted by Gasteiger charge is -2.35. The first-order valence-corrected chi connectivity index (χ1v) is 11.8. The molecule has 2 aromatic rings. The van der Waals surface area contributed by atoms with Crippen LogP contribution in [0.2, 0.25) is 0 Å². The zero-order valence-electron chi connectivity index (χ0n) is 18.5. The molecule has 1 atom stereocenters. The van der Waals surface area contributed by atoms with Gasteiger partial charge in [0, 0.05) is 17.7 Å². The summed E-state index contributed by atoms with van der Waals surface area (Å²) in [5, 5.41) is 5.19. The number of benzene rings is 2. The molecule has 0 spiro atoms. The number of rotatable bonds is 6. The molecule has 1 fully saturated rings. The number of hydrogen-bond donors (Lipinski definition) is 3. The molecule has 9 heteroatoms. The zero-order chi connectivity index (χ0) is 23.7. The van der Waals surface area contributed by atoms with E-state index in [1.54, 1.807) is 44.2 Å². The lowest BCUT2D eigenvalue weighted by Crippen LogP contribution is -2.51. The predicted molar refractivity (Wildman–Crippen MR) is 121 cm³/mol. The van der Waals surface area contributed by atoms with Crippen LogP contribution in [-0.2, 0) is 25.0 Å². The Morgan fingerprint density at radius 1 is 1.12 bits per heavy atom. The molecule has 0 saturated carbocycles. The van der Waals surface area contributed by atoms with E-state index in [1.807, 2.05) is 6.92 Å². The summed E-state index contributed by atoms with van der Waals surface area (Å²) in [5.74, 6) is -1.02. The van der Waals surface area contributed by atoms with Crippen LogP contribution in [0.4, 0.5) is 5.69 Å². The number of carbonyl (C=O) groups is 3. The van der Waals surface area contributed by atoms with Gasteiger partial charge < -0.3 is 5.32 Å². The highest BCUT2D eigenvalue weighted by atomic mass is 32.2. The van der Waals surface area contributed by atoms with Gasteiger partial charge in [0.15, 0.2) is 0 Å². The highest BCUT2D eigenvalue weighted by molar-refractivity contribution is 7.89. The van der Waals surface area contributed by atoms with E-state index < -0.39 is 21.3 Å². The van der Waals surface area contributed by atoms with Crippen LogP contribution in [0.15, 0.2) is 41.3 Å². The minimum atomic E-state index is -3.71. The molecule has 8 nitrogen and oxygen atoms in total. The molecule has 1 saturated heterocycles. The van der Waals surface area contributed by atoms with Crippen molar-refractivity contribution < 1.29 is 22.8 Å². The van der Waals surface area contributed by atoms with Crippen LogP contribution in [-0.4, -0.2) is 33.2 Å². The van der Waals surface area contributed by atoms with Crippen molar-refractivity contribution in [3.05, 3.63) is 58.7 Å². The summed E-state index contributed by atoms with van der Waals surface area (Å²) in [4.78, 5) is 37.0. The van der Waals surface area contributed by atoms with Gasteiger partial charge in [-0.05, 0) is 74.7 Å². The molecule has 170 valence electrons. The van der Waals surface area contributed by atoms with E-state index in [0.717, 1.165) is 5.56 Å². The summed E-state index contributed by atoms with van der Waals surface area (Å²) in [5.41, 5.74) is 1.99. The van der Waals surface area contributed by atoms with E-state index in [-0.39, 0.29) is 28.7 Å². The maximum Gasteiger partial charge on any atom is 0.255 e. The lowest BCUT2D eigenvalue weighted by atomic mass is 9.72. The molecule has 1 heterocycles. The second-order valence-electron chi connectivity index (χ2n) is 7.97. The molecule has 3 amide bonds. The van der Waals surface area contributed by atoms with Crippen molar-refractivity contribution in [1.29, 1.82) is 0 Å². The standard InChI is InChI=1S/C23H27N3O5S/c1-5-23(11-10-20(27)26-22(23)29)17-6-8-18(9-7-17)25-21(28)16-12-14(2)15(3)19(13-16)32(30,31)24-4/h6-9,12-13,24H,5,10-11H2,1-4H3,(H,25,28)(H,26,27,29). The number of carbonyl (C=O) groups excluding carboxylic acids is 3. The van der Waals surface area contributed by atoms with E-state index in [4.69, 9.17) is 0 Å². The number of aryl methyl sites for hydroxylation is 1. The van der Waals surface area contributed by atoms with Gasteiger partial charge in [-0.3, -0.25) is 19.7 Å². The van der Waals surface area contributed by atoms with Crippen LogP contribution >= 0.6 is 0 Å². The summed E-state index contributed by atoms with van der Waals surface area (Å²) in [7, 11) is -2.39. The van der Waals surface area contributed by atoms with Crippen LogP contribution in [0, 0.1) is 13.8 Å². The molecule has 1 aliphatic rings. The average molecular weight is 458 g/mol. The number of anilines is 1.